The fourth-order valence-corrected chi connectivity index (χ4v) is 2.45. The van der Waals surface area contributed by atoms with Gasteiger partial charge >= 0.3 is 6.03 Å². The fourth-order valence-electron chi connectivity index (χ4n) is 2.19. The summed E-state index contributed by atoms with van der Waals surface area (Å²) in [6, 6.07) is 12.4. The molecule has 6 nitrogen and oxygen atoms in total. The summed E-state index contributed by atoms with van der Waals surface area (Å²) in [5, 5.41) is 5.99. The van der Waals surface area contributed by atoms with E-state index < -0.39 is 0 Å². The second-order valence-corrected chi connectivity index (χ2v) is 6.36. The summed E-state index contributed by atoms with van der Waals surface area (Å²) >= 11 is 6.05. The Balaban J connectivity index is 1.84. The molecule has 7 heteroatoms. The van der Waals surface area contributed by atoms with E-state index in [-0.39, 0.29) is 6.03 Å². The molecule has 0 bridgehead atoms. The van der Waals surface area contributed by atoms with Crippen LogP contribution < -0.4 is 20.1 Å². The zero-order chi connectivity index (χ0) is 18.9. The van der Waals surface area contributed by atoms with Gasteiger partial charge in [-0.05, 0) is 50.0 Å². The molecule has 0 aliphatic heterocycles. The number of carbonyl (C=O) groups is 1. The highest BCUT2D eigenvalue weighted by molar-refractivity contribution is 6.32. The highest BCUT2D eigenvalue weighted by Crippen LogP contribution is 2.27. The summed E-state index contributed by atoms with van der Waals surface area (Å²) in [6.45, 7) is 1.85. The summed E-state index contributed by atoms with van der Waals surface area (Å²) in [5.74, 6) is 1.34. The van der Waals surface area contributed by atoms with Crippen molar-refractivity contribution in [1.82, 2.24) is 10.2 Å². The van der Waals surface area contributed by atoms with E-state index in [0.717, 1.165) is 17.9 Å². The number of methoxy groups -OCH3 is 1. The molecule has 0 atom stereocenters. The number of benzene rings is 2. The Labute approximate surface area is 159 Å². The molecule has 0 fully saturated rings. The van der Waals surface area contributed by atoms with Crippen LogP contribution in [0.25, 0.3) is 0 Å². The lowest BCUT2D eigenvalue weighted by Gasteiger charge is -2.12. The molecule has 0 aliphatic rings. The average molecular weight is 378 g/mol. The van der Waals surface area contributed by atoms with Crippen LogP contribution in [-0.4, -0.2) is 45.3 Å². The topological polar surface area (TPSA) is 62.8 Å². The predicted molar refractivity (Wildman–Crippen MR) is 104 cm³/mol. The van der Waals surface area contributed by atoms with E-state index in [9.17, 15) is 4.79 Å². The van der Waals surface area contributed by atoms with Gasteiger partial charge in [0.25, 0.3) is 0 Å². The summed E-state index contributed by atoms with van der Waals surface area (Å²) in [6.07, 6.45) is 0. The van der Waals surface area contributed by atoms with E-state index >= 15 is 0 Å². The Morgan fingerprint density at radius 3 is 2.69 bits per heavy atom. The lowest BCUT2D eigenvalue weighted by molar-refractivity contribution is 0.251. The van der Waals surface area contributed by atoms with Crippen molar-refractivity contribution in [1.29, 1.82) is 0 Å². The van der Waals surface area contributed by atoms with Gasteiger partial charge in [0.15, 0.2) is 0 Å². The van der Waals surface area contributed by atoms with Crippen LogP contribution in [0, 0.1) is 0 Å². The van der Waals surface area contributed by atoms with Crippen molar-refractivity contribution in [2.75, 3.05) is 39.7 Å². The largest absolute Gasteiger partial charge is 0.495 e. The number of likely N-dealkylation sites (N-methyl/N-ethyl adjacent to an activating group) is 1. The Morgan fingerprint density at radius 1 is 1.19 bits per heavy atom. The summed E-state index contributed by atoms with van der Waals surface area (Å²) in [4.78, 5) is 14.1. The average Bonchev–Trinajstić information content (AvgIpc) is 2.60. The molecule has 0 saturated carbocycles. The number of hydrogen-bond acceptors (Lipinski definition) is 4. The van der Waals surface area contributed by atoms with Gasteiger partial charge in [-0.1, -0.05) is 23.7 Å². The van der Waals surface area contributed by atoms with Gasteiger partial charge in [-0.25, -0.2) is 4.79 Å². The van der Waals surface area contributed by atoms with Crippen molar-refractivity contribution in [3.8, 4) is 11.5 Å². The first-order chi connectivity index (χ1) is 12.5. The first kappa shape index (κ1) is 19.9. The molecular formula is C19H24ClN3O3. The lowest BCUT2D eigenvalue weighted by atomic mass is 10.2. The third-order valence-corrected chi connectivity index (χ3v) is 3.86. The molecule has 26 heavy (non-hydrogen) atoms. The summed E-state index contributed by atoms with van der Waals surface area (Å²) in [5.41, 5.74) is 1.55. The van der Waals surface area contributed by atoms with Gasteiger partial charge in [0.2, 0.25) is 0 Å². The van der Waals surface area contributed by atoms with Crippen LogP contribution >= 0.6 is 11.6 Å². The molecule has 2 aromatic carbocycles. The van der Waals surface area contributed by atoms with E-state index in [2.05, 4.69) is 15.5 Å². The molecule has 140 valence electrons. The van der Waals surface area contributed by atoms with Gasteiger partial charge < -0.3 is 25.0 Å². The molecule has 2 aromatic rings. The molecule has 2 rings (SSSR count). The second kappa shape index (κ2) is 9.89. The molecule has 2 amide bonds. The molecule has 0 spiro atoms. The van der Waals surface area contributed by atoms with Gasteiger partial charge in [0.05, 0.1) is 12.1 Å². The first-order valence-electron chi connectivity index (χ1n) is 8.23. The molecule has 0 aromatic heterocycles. The summed E-state index contributed by atoms with van der Waals surface area (Å²) < 4.78 is 10.8. The van der Waals surface area contributed by atoms with Crippen LogP contribution in [0.15, 0.2) is 42.5 Å². The van der Waals surface area contributed by atoms with Crippen molar-refractivity contribution in [3.05, 3.63) is 53.1 Å². The monoisotopic (exact) mass is 377 g/mol. The molecule has 2 N–H and O–H groups in total. The fraction of sp³-hybridized carbons (Fsp3) is 0.316. The maximum Gasteiger partial charge on any atom is 0.319 e. The van der Waals surface area contributed by atoms with Gasteiger partial charge in [-0.3, -0.25) is 0 Å². The second-order valence-electron chi connectivity index (χ2n) is 5.96. The predicted octanol–water partition coefficient (Wildman–Crippen LogP) is 3.61. The minimum Gasteiger partial charge on any atom is -0.495 e. The molecule has 0 radical (unpaired) electrons. The number of nitrogens with zero attached hydrogens (tertiary/aromatic N) is 1. The highest BCUT2D eigenvalue weighted by Gasteiger charge is 2.06. The van der Waals surface area contributed by atoms with Crippen molar-refractivity contribution >= 4 is 23.3 Å². The van der Waals surface area contributed by atoms with Crippen LogP contribution in [0.3, 0.4) is 0 Å². The van der Waals surface area contributed by atoms with Crippen molar-refractivity contribution < 1.29 is 14.3 Å². The molecule has 0 unspecified atom stereocenters. The SMILES string of the molecule is COc1ccc(NC(=O)NCc2cccc(OCCN(C)C)c2)cc1Cl. The van der Waals surface area contributed by atoms with Gasteiger partial charge in [0, 0.05) is 18.8 Å². The zero-order valence-electron chi connectivity index (χ0n) is 15.2. The highest BCUT2D eigenvalue weighted by atomic mass is 35.5. The van der Waals surface area contributed by atoms with Crippen LogP contribution in [0.4, 0.5) is 10.5 Å². The van der Waals surface area contributed by atoms with E-state index in [4.69, 9.17) is 21.1 Å². The van der Waals surface area contributed by atoms with E-state index in [1.54, 1.807) is 25.3 Å². The Hall–Kier alpha value is -2.44. The minimum absolute atomic E-state index is 0.315. The Morgan fingerprint density at radius 2 is 2.00 bits per heavy atom. The number of ether oxygens (including phenoxy) is 2. The summed E-state index contributed by atoms with van der Waals surface area (Å²) in [7, 11) is 5.54. The van der Waals surface area contributed by atoms with Gasteiger partial charge in [0.1, 0.15) is 18.1 Å². The maximum atomic E-state index is 12.1. The number of urea groups is 1. The van der Waals surface area contributed by atoms with Gasteiger partial charge in [-0.15, -0.1) is 0 Å². The lowest BCUT2D eigenvalue weighted by Crippen LogP contribution is -2.28. The van der Waals surface area contributed by atoms with Crippen molar-refractivity contribution in [3.63, 3.8) is 0 Å². The number of anilines is 1. The smallest absolute Gasteiger partial charge is 0.319 e. The quantitative estimate of drug-likeness (QED) is 0.737. The number of hydrogen-bond donors (Lipinski definition) is 2. The van der Waals surface area contributed by atoms with E-state index in [1.165, 1.54) is 0 Å². The van der Waals surface area contributed by atoms with Crippen LogP contribution in [-0.2, 0) is 6.54 Å². The van der Waals surface area contributed by atoms with E-state index in [0.29, 0.717) is 29.6 Å². The van der Waals surface area contributed by atoms with Gasteiger partial charge in [-0.2, -0.15) is 0 Å². The number of rotatable bonds is 8. The third kappa shape index (κ3) is 6.46. The van der Waals surface area contributed by atoms with Crippen LogP contribution in [0.5, 0.6) is 11.5 Å². The molecule has 0 heterocycles. The normalized spacial score (nSPS) is 10.5. The minimum atomic E-state index is -0.315. The zero-order valence-corrected chi connectivity index (χ0v) is 16.0. The Bertz CT molecular complexity index is 738. The molecular weight excluding hydrogens is 354 g/mol. The number of carbonyl (C=O) groups excluding carboxylic acids is 1. The maximum absolute atomic E-state index is 12.1. The third-order valence-electron chi connectivity index (χ3n) is 3.57. The van der Waals surface area contributed by atoms with Crippen LogP contribution in [0.1, 0.15) is 5.56 Å². The Kier molecular flexibility index (Phi) is 7.56. The molecule has 0 saturated heterocycles. The van der Waals surface area contributed by atoms with E-state index in [1.807, 2.05) is 38.4 Å². The standard InChI is InChI=1S/C19H24ClN3O3/c1-23(2)9-10-26-16-6-4-5-14(11-16)13-21-19(24)22-15-7-8-18(25-3)17(20)12-15/h4-8,11-12H,9-10,13H2,1-3H3,(H2,21,22,24). The number of halogens is 1. The number of nitrogens with one attached hydrogen (secondary N) is 2. The first-order valence-corrected chi connectivity index (χ1v) is 8.60. The van der Waals surface area contributed by atoms with Crippen molar-refractivity contribution in [2.24, 2.45) is 0 Å². The van der Waals surface area contributed by atoms with Crippen LogP contribution in [0.2, 0.25) is 5.02 Å². The number of amides is 2. The van der Waals surface area contributed by atoms with Crippen molar-refractivity contribution in [2.45, 2.75) is 6.54 Å². The molecule has 0 aliphatic carbocycles.